The topological polar surface area (TPSA) is 55.8 Å². The van der Waals surface area contributed by atoms with Crippen molar-refractivity contribution in [1.29, 1.82) is 0 Å². The Hall–Kier alpha value is -2.04. The normalized spacial score (nSPS) is 11.7. The fraction of sp³-hybridized carbons (Fsp3) is 0.579. The lowest BCUT2D eigenvalue weighted by Gasteiger charge is -2.25. The molecule has 0 aliphatic rings. The van der Waals surface area contributed by atoms with E-state index >= 15 is 0 Å². The summed E-state index contributed by atoms with van der Waals surface area (Å²) >= 11 is 0. The summed E-state index contributed by atoms with van der Waals surface area (Å²) < 4.78 is 10.5. The SMILES string of the molecule is CCCCN(CC(C)C(=O)OC)C(=O)COc1c(C)cccc1C. The number of amides is 1. The largest absolute Gasteiger partial charge is 0.483 e. The number of benzene rings is 1. The van der Waals surface area contributed by atoms with Crippen LogP contribution in [0, 0.1) is 19.8 Å². The van der Waals surface area contributed by atoms with Gasteiger partial charge in [0.25, 0.3) is 5.91 Å². The van der Waals surface area contributed by atoms with Crippen molar-refractivity contribution in [2.24, 2.45) is 5.92 Å². The van der Waals surface area contributed by atoms with Crippen LogP contribution in [0.1, 0.15) is 37.8 Å². The highest BCUT2D eigenvalue weighted by molar-refractivity contribution is 5.79. The second-order valence-electron chi connectivity index (χ2n) is 6.13. The van der Waals surface area contributed by atoms with Gasteiger partial charge in [-0.2, -0.15) is 0 Å². The lowest BCUT2D eigenvalue weighted by molar-refractivity contribution is -0.146. The van der Waals surface area contributed by atoms with E-state index in [4.69, 9.17) is 9.47 Å². The molecule has 5 nitrogen and oxygen atoms in total. The summed E-state index contributed by atoms with van der Waals surface area (Å²) in [6, 6.07) is 5.88. The molecule has 1 unspecified atom stereocenters. The van der Waals surface area contributed by atoms with E-state index < -0.39 is 0 Å². The van der Waals surface area contributed by atoms with Gasteiger partial charge in [0.2, 0.25) is 0 Å². The van der Waals surface area contributed by atoms with E-state index in [1.54, 1.807) is 11.8 Å². The van der Waals surface area contributed by atoms with E-state index in [0.29, 0.717) is 13.1 Å². The third-order valence-corrected chi connectivity index (χ3v) is 3.98. The Bertz CT molecular complexity index is 536. The van der Waals surface area contributed by atoms with E-state index in [1.165, 1.54) is 7.11 Å². The van der Waals surface area contributed by atoms with Crippen molar-refractivity contribution in [2.45, 2.75) is 40.5 Å². The van der Waals surface area contributed by atoms with Crippen molar-refractivity contribution < 1.29 is 19.1 Å². The average molecular weight is 335 g/mol. The Kier molecular flexibility index (Phi) is 8.30. The number of ether oxygens (including phenoxy) is 2. The number of rotatable bonds is 9. The van der Waals surface area contributed by atoms with Gasteiger partial charge in [0.15, 0.2) is 6.61 Å². The summed E-state index contributed by atoms with van der Waals surface area (Å²) in [5.41, 5.74) is 2.01. The van der Waals surface area contributed by atoms with Crippen LogP contribution in [-0.2, 0) is 14.3 Å². The molecule has 0 fully saturated rings. The first-order valence-electron chi connectivity index (χ1n) is 8.45. The van der Waals surface area contributed by atoms with E-state index in [9.17, 15) is 9.59 Å². The molecule has 24 heavy (non-hydrogen) atoms. The van der Waals surface area contributed by atoms with Crippen LogP contribution < -0.4 is 4.74 Å². The standard InChI is InChI=1S/C19H29NO4/c1-6-7-11-20(12-16(4)19(22)23-5)17(21)13-24-18-14(2)9-8-10-15(18)3/h8-10,16H,6-7,11-13H2,1-5H3. The summed E-state index contributed by atoms with van der Waals surface area (Å²) in [6.45, 7) is 8.70. The molecule has 0 saturated carbocycles. The van der Waals surface area contributed by atoms with E-state index in [-0.39, 0.29) is 24.4 Å². The van der Waals surface area contributed by atoms with Crippen molar-refractivity contribution in [3.05, 3.63) is 29.3 Å². The zero-order valence-electron chi connectivity index (χ0n) is 15.4. The zero-order chi connectivity index (χ0) is 18.1. The van der Waals surface area contributed by atoms with Crippen LogP contribution in [-0.4, -0.2) is 43.6 Å². The Labute approximate surface area is 144 Å². The molecule has 0 bridgehead atoms. The number of hydrogen-bond acceptors (Lipinski definition) is 4. The van der Waals surface area contributed by atoms with Crippen molar-refractivity contribution >= 4 is 11.9 Å². The highest BCUT2D eigenvalue weighted by Crippen LogP contribution is 2.22. The van der Waals surface area contributed by atoms with E-state index in [2.05, 4.69) is 6.92 Å². The molecule has 0 radical (unpaired) electrons. The van der Waals surface area contributed by atoms with Gasteiger partial charge >= 0.3 is 5.97 Å². The highest BCUT2D eigenvalue weighted by Gasteiger charge is 2.21. The number of carbonyl (C=O) groups is 2. The van der Waals surface area contributed by atoms with Gasteiger partial charge in [0.05, 0.1) is 13.0 Å². The Morgan fingerprint density at radius 3 is 2.38 bits per heavy atom. The number of aryl methyl sites for hydroxylation is 2. The van der Waals surface area contributed by atoms with Crippen LogP contribution in [0.3, 0.4) is 0 Å². The highest BCUT2D eigenvalue weighted by atomic mass is 16.5. The number of methoxy groups -OCH3 is 1. The maximum absolute atomic E-state index is 12.5. The smallest absolute Gasteiger partial charge is 0.310 e. The molecule has 0 saturated heterocycles. The van der Waals surface area contributed by atoms with Crippen molar-refractivity contribution in [1.82, 2.24) is 4.90 Å². The predicted molar refractivity (Wildman–Crippen MR) is 94.1 cm³/mol. The summed E-state index contributed by atoms with van der Waals surface area (Å²) in [6.07, 6.45) is 1.87. The van der Waals surface area contributed by atoms with Crippen LogP contribution in [0.2, 0.25) is 0 Å². The molecule has 0 aliphatic heterocycles. The number of hydrogen-bond donors (Lipinski definition) is 0. The molecule has 134 valence electrons. The molecule has 0 aromatic heterocycles. The van der Waals surface area contributed by atoms with Crippen LogP contribution in [0.5, 0.6) is 5.75 Å². The van der Waals surface area contributed by atoms with Crippen LogP contribution in [0.15, 0.2) is 18.2 Å². The zero-order valence-corrected chi connectivity index (χ0v) is 15.4. The van der Waals surface area contributed by atoms with Gasteiger partial charge in [0.1, 0.15) is 5.75 Å². The first kappa shape index (κ1) is 20.0. The molecule has 5 heteroatoms. The minimum Gasteiger partial charge on any atom is -0.483 e. The van der Waals surface area contributed by atoms with Gasteiger partial charge in [-0.3, -0.25) is 9.59 Å². The molecule has 0 aliphatic carbocycles. The van der Waals surface area contributed by atoms with Crippen LogP contribution in [0.25, 0.3) is 0 Å². The van der Waals surface area contributed by atoms with Crippen molar-refractivity contribution in [3.63, 3.8) is 0 Å². The summed E-state index contributed by atoms with van der Waals surface area (Å²) in [5, 5.41) is 0. The Morgan fingerprint density at radius 2 is 1.83 bits per heavy atom. The lowest BCUT2D eigenvalue weighted by Crippen LogP contribution is -2.40. The third kappa shape index (κ3) is 5.87. The molecule has 0 spiro atoms. The number of para-hydroxylation sites is 1. The van der Waals surface area contributed by atoms with Crippen LogP contribution in [0.4, 0.5) is 0 Å². The number of carbonyl (C=O) groups excluding carboxylic acids is 2. The fourth-order valence-electron chi connectivity index (χ4n) is 2.53. The summed E-state index contributed by atoms with van der Waals surface area (Å²) in [5.74, 6) is -0.0138. The monoisotopic (exact) mass is 335 g/mol. The average Bonchev–Trinajstić information content (AvgIpc) is 2.56. The van der Waals surface area contributed by atoms with Gasteiger partial charge < -0.3 is 14.4 Å². The van der Waals surface area contributed by atoms with Gasteiger partial charge in [0, 0.05) is 13.1 Å². The number of nitrogens with zero attached hydrogens (tertiary/aromatic N) is 1. The summed E-state index contributed by atoms with van der Waals surface area (Å²) in [4.78, 5) is 25.9. The quantitative estimate of drug-likeness (QED) is 0.651. The second-order valence-corrected chi connectivity index (χ2v) is 6.13. The third-order valence-electron chi connectivity index (χ3n) is 3.98. The number of esters is 1. The summed E-state index contributed by atoms with van der Waals surface area (Å²) in [7, 11) is 1.36. The fourth-order valence-corrected chi connectivity index (χ4v) is 2.53. The molecule has 0 heterocycles. The van der Waals surface area contributed by atoms with Gasteiger partial charge in [-0.15, -0.1) is 0 Å². The van der Waals surface area contributed by atoms with Crippen molar-refractivity contribution in [2.75, 3.05) is 26.8 Å². The minimum absolute atomic E-state index is 0.0245. The van der Waals surface area contributed by atoms with Crippen LogP contribution >= 0.6 is 0 Å². The van der Waals surface area contributed by atoms with Gasteiger partial charge in [-0.25, -0.2) is 0 Å². The van der Waals surface area contributed by atoms with Crippen molar-refractivity contribution in [3.8, 4) is 5.75 Å². The van der Waals surface area contributed by atoms with E-state index in [0.717, 1.165) is 29.7 Å². The predicted octanol–water partition coefficient (Wildman–Crippen LogP) is 3.12. The number of unbranched alkanes of at least 4 members (excludes halogenated alkanes) is 1. The first-order valence-corrected chi connectivity index (χ1v) is 8.45. The molecule has 1 aromatic carbocycles. The van der Waals surface area contributed by atoms with Gasteiger partial charge in [-0.1, -0.05) is 38.5 Å². The molecule has 0 N–H and O–H groups in total. The Morgan fingerprint density at radius 1 is 1.21 bits per heavy atom. The molecule has 1 aromatic rings. The molecule has 1 amide bonds. The lowest BCUT2D eigenvalue weighted by atomic mass is 10.1. The minimum atomic E-state index is -0.351. The molecule has 1 rings (SSSR count). The molecular weight excluding hydrogens is 306 g/mol. The maximum atomic E-state index is 12.5. The first-order chi connectivity index (χ1) is 11.4. The molecular formula is C19H29NO4. The Balaban J connectivity index is 2.71. The molecule has 1 atom stereocenters. The maximum Gasteiger partial charge on any atom is 0.310 e. The van der Waals surface area contributed by atoms with Gasteiger partial charge in [-0.05, 0) is 31.4 Å². The second kappa shape index (κ2) is 9.96. The van der Waals surface area contributed by atoms with E-state index in [1.807, 2.05) is 32.0 Å².